The van der Waals surface area contributed by atoms with E-state index in [-0.39, 0.29) is 25.2 Å². The SMILES string of the molecule is Cc1nn(C(C)C)c(C)c1CN(C)C(=O)NCCN(C)S(C)(=O)=O. The zero-order chi connectivity index (χ0) is 18.7. The Kier molecular flexibility index (Phi) is 6.79. The fourth-order valence-electron chi connectivity index (χ4n) is 2.36. The van der Waals surface area contributed by atoms with E-state index in [9.17, 15) is 13.2 Å². The van der Waals surface area contributed by atoms with Crippen molar-refractivity contribution in [2.45, 2.75) is 40.3 Å². The van der Waals surface area contributed by atoms with Crippen molar-refractivity contribution in [3.8, 4) is 0 Å². The van der Waals surface area contributed by atoms with Gasteiger partial charge in [0, 0.05) is 44.5 Å². The molecule has 0 spiro atoms. The average molecular weight is 359 g/mol. The van der Waals surface area contributed by atoms with Crippen LogP contribution in [0.1, 0.15) is 36.8 Å². The number of hydrogen-bond acceptors (Lipinski definition) is 4. The number of carbonyl (C=O) groups excluding carboxylic acids is 1. The Balaban J connectivity index is 2.62. The number of carbonyl (C=O) groups is 1. The smallest absolute Gasteiger partial charge is 0.317 e. The standard InChI is InChI=1S/C15H29N5O3S/c1-11(2)20-13(4)14(12(3)17-20)10-18(5)15(21)16-8-9-19(6)24(7,22)23/h11H,8-10H2,1-7H3,(H,16,21). The molecule has 0 unspecified atom stereocenters. The van der Waals surface area contributed by atoms with Crippen LogP contribution in [0.5, 0.6) is 0 Å². The number of hydrogen-bond donors (Lipinski definition) is 1. The molecule has 24 heavy (non-hydrogen) atoms. The number of rotatable bonds is 7. The number of sulfonamides is 1. The molecule has 1 aromatic rings. The van der Waals surface area contributed by atoms with E-state index in [4.69, 9.17) is 0 Å². The molecule has 0 aliphatic heterocycles. The van der Waals surface area contributed by atoms with Crippen molar-refractivity contribution in [1.29, 1.82) is 0 Å². The Hall–Kier alpha value is -1.61. The molecule has 0 aliphatic rings. The van der Waals surface area contributed by atoms with E-state index in [0.717, 1.165) is 23.2 Å². The van der Waals surface area contributed by atoms with Gasteiger partial charge < -0.3 is 10.2 Å². The molecule has 0 fully saturated rings. The average Bonchev–Trinajstić information content (AvgIpc) is 2.74. The number of nitrogens with one attached hydrogen (secondary N) is 1. The first-order valence-electron chi connectivity index (χ1n) is 7.90. The van der Waals surface area contributed by atoms with E-state index < -0.39 is 10.0 Å². The summed E-state index contributed by atoms with van der Waals surface area (Å²) in [5.41, 5.74) is 3.01. The third kappa shape index (κ3) is 5.20. The Morgan fingerprint density at radius 3 is 2.33 bits per heavy atom. The Bertz CT molecular complexity index is 682. The van der Waals surface area contributed by atoms with E-state index in [1.54, 1.807) is 11.9 Å². The van der Waals surface area contributed by atoms with Crippen LogP contribution in [-0.4, -0.2) is 66.9 Å². The minimum atomic E-state index is -3.23. The summed E-state index contributed by atoms with van der Waals surface area (Å²) in [7, 11) is -0.0349. The summed E-state index contributed by atoms with van der Waals surface area (Å²) in [4.78, 5) is 13.7. The van der Waals surface area contributed by atoms with Gasteiger partial charge in [-0.25, -0.2) is 17.5 Å². The fraction of sp³-hybridized carbons (Fsp3) is 0.733. The lowest BCUT2D eigenvalue weighted by atomic mass is 10.2. The highest BCUT2D eigenvalue weighted by Gasteiger charge is 2.18. The molecule has 1 N–H and O–H groups in total. The maximum Gasteiger partial charge on any atom is 0.317 e. The van der Waals surface area contributed by atoms with Crippen LogP contribution in [0.3, 0.4) is 0 Å². The van der Waals surface area contributed by atoms with Gasteiger partial charge in [-0.1, -0.05) is 0 Å². The van der Waals surface area contributed by atoms with Gasteiger partial charge >= 0.3 is 6.03 Å². The van der Waals surface area contributed by atoms with Crippen molar-refractivity contribution >= 4 is 16.1 Å². The number of amides is 2. The van der Waals surface area contributed by atoms with E-state index in [2.05, 4.69) is 24.3 Å². The van der Waals surface area contributed by atoms with Gasteiger partial charge in [-0.05, 0) is 27.7 Å². The van der Waals surface area contributed by atoms with Crippen LogP contribution in [0.4, 0.5) is 4.79 Å². The van der Waals surface area contributed by atoms with Crippen molar-refractivity contribution in [1.82, 2.24) is 24.3 Å². The fourth-order valence-corrected chi connectivity index (χ4v) is 2.78. The topological polar surface area (TPSA) is 87.5 Å². The second-order valence-electron chi connectivity index (χ2n) is 6.36. The second kappa shape index (κ2) is 7.98. The molecule has 2 amide bonds. The van der Waals surface area contributed by atoms with Crippen LogP contribution in [-0.2, 0) is 16.6 Å². The summed E-state index contributed by atoms with van der Waals surface area (Å²) in [6.45, 7) is 9.03. The molecule has 0 radical (unpaired) electrons. The lowest BCUT2D eigenvalue weighted by Crippen LogP contribution is -2.41. The molecule has 1 heterocycles. The maximum atomic E-state index is 12.2. The molecule has 9 heteroatoms. The Morgan fingerprint density at radius 2 is 1.88 bits per heavy atom. The molecule has 8 nitrogen and oxygen atoms in total. The van der Waals surface area contributed by atoms with Gasteiger partial charge in [0.15, 0.2) is 0 Å². The first kappa shape index (κ1) is 20.4. The summed E-state index contributed by atoms with van der Waals surface area (Å²) >= 11 is 0. The first-order chi connectivity index (χ1) is 10.9. The molecule has 0 bridgehead atoms. The first-order valence-corrected chi connectivity index (χ1v) is 9.74. The quantitative estimate of drug-likeness (QED) is 0.790. The molecule has 0 aliphatic carbocycles. The number of aromatic nitrogens is 2. The van der Waals surface area contributed by atoms with Gasteiger partial charge in [0.2, 0.25) is 10.0 Å². The van der Waals surface area contributed by atoms with Gasteiger partial charge in [-0.15, -0.1) is 0 Å². The van der Waals surface area contributed by atoms with E-state index >= 15 is 0 Å². The summed E-state index contributed by atoms with van der Waals surface area (Å²) in [5.74, 6) is 0. The van der Waals surface area contributed by atoms with Gasteiger partial charge in [0.25, 0.3) is 0 Å². The number of nitrogens with zero attached hydrogens (tertiary/aromatic N) is 4. The molecule has 1 rings (SSSR count). The minimum absolute atomic E-state index is 0.238. The van der Waals surface area contributed by atoms with Gasteiger partial charge in [-0.2, -0.15) is 5.10 Å². The van der Waals surface area contributed by atoms with Gasteiger partial charge in [0.05, 0.1) is 18.5 Å². The largest absolute Gasteiger partial charge is 0.337 e. The predicted molar refractivity (Wildman–Crippen MR) is 94.4 cm³/mol. The maximum absolute atomic E-state index is 12.2. The molecular weight excluding hydrogens is 330 g/mol. The summed E-state index contributed by atoms with van der Waals surface area (Å²) in [6, 6.07) is 0.0242. The number of urea groups is 1. The van der Waals surface area contributed by atoms with Crippen LogP contribution in [0.25, 0.3) is 0 Å². The van der Waals surface area contributed by atoms with Crippen LogP contribution < -0.4 is 5.32 Å². The molecule has 0 saturated carbocycles. The van der Waals surface area contributed by atoms with Crippen LogP contribution in [0, 0.1) is 13.8 Å². The van der Waals surface area contributed by atoms with E-state index in [1.165, 1.54) is 11.4 Å². The monoisotopic (exact) mass is 359 g/mol. The van der Waals surface area contributed by atoms with E-state index in [1.807, 2.05) is 18.5 Å². The van der Waals surface area contributed by atoms with Gasteiger partial charge in [0.1, 0.15) is 0 Å². The van der Waals surface area contributed by atoms with Crippen LogP contribution in [0.2, 0.25) is 0 Å². The van der Waals surface area contributed by atoms with Crippen molar-refractivity contribution in [2.24, 2.45) is 0 Å². The summed E-state index contributed by atoms with van der Waals surface area (Å²) in [5, 5.41) is 7.25. The summed E-state index contributed by atoms with van der Waals surface area (Å²) in [6.07, 6.45) is 1.14. The Morgan fingerprint density at radius 1 is 1.29 bits per heavy atom. The highest BCUT2D eigenvalue weighted by Crippen LogP contribution is 2.18. The molecule has 0 saturated heterocycles. The normalized spacial score (nSPS) is 12.0. The Labute approximate surface area is 144 Å². The zero-order valence-corrected chi connectivity index (χ0v) is 16.4. The molecule has 0 atom stereocenters. The number of likely N-dealkylation sites (N-methyl/N-ethyl adjacent to an activating group) is 1. The van der Waals surface area contributed by atoms with Crippen molar-refractivity contribution in [3.05, 3.63) is 17.0 Å². The third-order valence-corrected chi connectivity index (χ3v) is 5.29. The van der Waals surface area contributed by atoms with Crippen LogP contribution >= 0.6 is 0 Å². The van der Waals surface area contributed by atoms with Crippen molar-refractivity contribution < 1.29 is 13.2 Å². The highest BCUT2D eigenvalue weighted by molar-refractivity contribution is 7.88. The minimum Gasteiger partial charge on any atom is -0.337 e. The van der Waals surface area contributed by atoms with Crippen molar-refractivity contribution in [2.75, 3.05) is 33.4 Å². The second-order valence-corrected chi connectivity index (χ2v) is 8.45. The molecule has 138 valence electrons. The molecular formula is C15H29N5O3S. The molecule has 1 aromatic heterocycles. The van der Waals surface area contributed by atoms with E-state index in [0.29, 0.717) is 6.54 Å². The lowest BCUT2D eigenvalue weighted by Gasteiger charge is -2.20. The molecule has 0 aromatic carbocycles. The zero-order valence-electron chi connectivity index (χ0n) is 15.6. The predicted octanol–water partition coefficient (Wildman–Crippen LogP) is 1.11. The number of aryl methyl sites for hydroxylation is 1. The van der Waals surface area contributed by atoms with Crippen molar-refractivity contribution in [3.63, 3.8) is 0 Å². The lowest BCUT2D eigenvalue weighted by molar-refractivity contribution is 0.206. The van der Waals surface area contributed by atoms with Gasteiger partial charge in [-0.3, -0.25) is 4.68 Å². The van der Waals surface area contributed by atoms with Crippen LogP contribution in [0.15, 0.2) is 0 Å². The summed E-state index contributed by atoms with van der Waals surface area (Å²) < 4.78 is 25.8. The third-order valence-electron chi connectivity index (χ3n) is 3.98. The highest BCUT2D eigenvalue weighted by atomic mass is 32.2.